The van der Waals surface area contributed by atoms with Crippen LogP contribution in [0.2, 0.25) is 0 Å². The minimum Gasteiger partial charge on any atom is -0.371 e. The van der Waals surface area contributed by atoms with Gasteiger partial charge in [-0.1, -0.05) is 0 Å². The molecule has 3 heteroatoms. The highest BCUT2D eigenvalue weighted by atomic mass is 15.1. The van der Waals surface area contributed by atoms with Crippen molar-refractivity contribution in [3.63, 3.8) is 0 Å². The van der Waals surface area contributed by atoms with Crippen LogP contribution in [0.5, 0.6) is 0 Å². The zero-order chi connectivity index (χ0) is 10.5. The average molecular weight is 205 g/mol. The highest BCUT2D eigenvalue weighted by molar-refractivity contribution is 5.44. The zero-order valence-electron chi connectivity index (χ0n) is 9.32. The summed E-state index contributed by atoms with van der Waals surface area (Å²) in [5.41, 5.74) is 1.31. The number of piperidine rings is 1. The number of pyridine rings is 1. The maximum absolute atomic E-state index is 4.06. The van der Waals surface area contributed by atoms with Gasteiger partial charge in [0.25, 0.3) is 0 Å². The number of aromatic nitrogens is 1. The highest BCUT2D eigenvalue weighted by Gasteiger charge is 2.19. The maximum Gasteiger partial charge on any atom is 0.0397 e. The van der Waals surface area contributed by atoms with Crippen molar-refractivity contribution in [1.82, 2.24) is 10.3 Å². The third-order valence-electron chi connectivity index (χ3n) is 3.04. The fourth-order valence-corrected chi connectivity index (χ4v) is 2.31. The molecular weight excluding hydrogens is 186 g/mol. The Bertz CT molecular complexity index is 284. The summed E-state index contributed by atoms with van der Waals surface area (Å²) >= 11 is 0. The number of hydrogen-bond donors (Lipinski definition) is 1. The van der Waals surface area contributed by atoms with Crippen LogP contribution in [0.4, 0.5) is 5.69 Å². The molecule has 0 bridgehead atoms. The standard InChI is InChI=1S/C12H19N3/c1-13-9-11-3-2-8-15(10-11)12-4-6-14-7-5-12/h4-7,11,13H,2-3,8-10H2,1H3. The lowest BCUT2D eigenvalue weighted by molar-refractivity contribution is 0.403. The molecule has 1 aliphatic rings. The Kier molecular flexibility index (Phi) is 3.56. The number of rotatable bonds is 3. The minimum atomic E-state index is 0.789. The number of nitrogens with one attached hydrogen (secondary N) is 1. The second-order valence-corrected chi connectivity index (χ2v) is 4.22. The molecule has 0 aliphatic carbocycles. The van der Waals surface area contributed by atoms with Gasteiger partial charge in [-0.3, -0.25) is 4.98 Å². The molecule has 0 aromatic carbocycles. The molecular formula is C12H19N3. The molecule has 82 valence electrons. The molecule has 2 rings (SSSR count). The van der Waals surface area contributed by atoms with E-state index in [9.17, 15) is 0 Å². The van der Waals surface area contributed by atoms with E-state index in [-0.39, 0.29) is 0 Å². The largest absolute Gasteiger partial charge is 0.371 e. The van der Waals surface area contributed by atoms with Gasteiger partial charge in [0.1, 0.15) is 0 Å². The summed E-state index contributed by atoms with van der Waals surface area (Å²) in [6, 6.07) is 4.20. The molecule has 0 radical (unpaired) electrons. The Morgan fingerprint density at radius 2 is 2.27 bits per heavy atom. The van der Waals surface area contributed by atoms with Crippen molar-refractivity contribution in [2.45, 2.75) is 12.8 Å². The average Bonchev–Trinajstić information content (AvgIpc) is 2.31. The van der Waals surface area contributed by atoms with Crippen molar-refractivity contribution in [2.24, 2.45) is 5.92 Å². The molecule has 1 atom stereocenters. The van der Waals surface area contributed by atoms with Gasteiger partial charge in [0.05, 0.1) is 0 Å². The first-order chi connectivity index (χ1) is 7.40. The van der Waals surface area contributed by atoms with Crippen molar-refractivity contribution < 1.29 is 0 Å². The molecule has 0 saturated carbocycles. The first-order valence-electron chi connectivity index (χ1n) is 5.69. The molecule has 3 nitrogen and oxygen atoms in total. The third-order valence-corrected chi connectivity index (χ3v) is 3.04. The van der Waals surface area contributed by atoms with Gasteiger partial charge in [0.15, 0.2) is 0 Å². The van der Waals surface area contributed by atoms with Gasteiger partial charge >= 0.3 is 0 Å². The Labute approximate surface area is 91.5 Å². The van der Waals surface area contributed by atoms with E-state index in [4.69, 9.17) is 0 Å². The SMILES string of the molecule is CNCC1CCCN(c2ccncc2)C1. The van der Waals surface area contributed by atoms with E-state index in [0.717, 1.165) is 12.5 Å². The van der Waals surface area contributed by atoms with Crippen LogP contribution in [-0.4, -0.2) is 31.7 Å². The molecule has 1 unspecified atom stereocenters. The van der Waals surface area contributed by atoms with Gasteiger partial charge in [-0.15, -0.1) is 0 Å². The Morgan fingerprint density at radius 1 is 1.47 bits per heavy atom. The summed E-state index contributed by atoms with van der Waals surface area (Å²) in [7, 11) is 2.03. The number of anilines is 1. The Balaban J connectivity index is 1.98. The van der Waals surface area contributed by atoms with Crippen LogP contribution in [0, 0.1) is 5.92 Å². The van der Waals surface area contributed by atoms with Crippen LogP contribution in [0.15, 0.2) is 24.5 Å². The normalized spacial score (nSPS) is 21.7. The van der Waals surface area contributed by atoms with Crippen LogP contribution in [0.1, 0.15) is 12.8 Å². The predicted octanol–water partition coefficient (Wildman–Crippen LogP) is 1.52. The van der Waals surface area contributed by atoms with Gasteiger partial charge in [-0.2, -0.15) is 0 Å². The third kappa shape index (κ3) is 2.69. The fourth-order valence-electron chi connectivity index (χ4n) is 2.31. The second kappa shape index (κ2) is 5.12. The maximum atomic E-state index is 4.06. The van der Waals surface area contributed by atoms with Crippen LogP contribution in [-0.2, 0) is 0 Å². The monoisotopic (exact) mass is 205 g/mol. The van der Waals surface area contributed by atoms with Crippen molar-refractivity contribution in [3.05, 3.63) is 24.5 Å². The molecule has 1 aliphatic heterocycles. The van der Waals surface area contributed by atoms with Gasteiger partial charge in [-0.05, 0) is 44.5 Å². The molecule has 1 saturated heterocycles. The van der Waals surface area contributed by atoms with Gasteiger partial charge < -0.3 is 10.2 Å². The van der Waals surface area contributed by atoms with Crippen molar-refractivity contribution >= 4 is 5.69 Å². The van der Waals surface area contributed by atoms with Crippen LogP contribution >= 0.6 is 0 Å². The summed E-state index contributed by atoms with van der Waals surface area (Å²) in [6.07, 6.45) is 6.39. The van der Waals surface area contributed by atoms with E-state index < -0.39 is 0 Å². The summed E-state index contributed by atoms with van der Waals surface area (Å²) < 4.78 is 0. The second-order valence-electron chi connectivity index (χ2n) is 4.22. The first kappa shape index (κ1) is 10.4. The molecule has 1 N–H and O–H groups in total. The van der Waals surface area contributed by atoms with Crippen LogP contribution in [0.3, 0.4) is 0 Å². The fraction of sp³-hybridized carbons (Fsp3) is 0.583. The minimum absolute atomic E-state index is 0.789. The topological polar surface area (TPSA) is 28.2 Å². The van der Waals surface area contributed by atoms with Crippen LogP contribution < -0.4 is 10.2 Å². The van der Waals surface area contributed by atoms with E-state index >= 15 is 0 Å². The number of hydrogen-bond acceptors (Lipinski definition) is 3. The quantitative estimate of drug-likeness (QED) is 0.811. The summed E-state index contributed by atoms with van der Waals surface area (Å²) in [5.74, 6) is 0.789. The van der Waals surface area contributed by atoms with Crippen LogP contribution in [0.25, 0.3) is 0 Å². The van der Waals surface area contributed by atoms with Crippen molar-refractivity contribution in [1.29, 1.82) is 0 Å². The van der Waals surface area contributed by atoms with E-state index in [1.807, 2.05) is 19.4 Å². The smallest absolute Gasteiger partial charge is 0.0397 e. The van der Waals surface area contributed by atoms with Crippen molar-refractivity contribution in [3.8, 4) is 0 Å². The summed E-state index contributed by atoms with van der Waals surface area (Å²) in [6.45, 7) is 3.48. The van der Waals surface area contributed by atoms with Crippen molar-refractivity contribution in [2.75, 3.05) is 31.6 Å². The van der Waals surface area contributed by atoms with E-state index in [0.29, 0.717) is 0 Å². The van der Waals surface area contributed by atoms with Gasteiger partial charge in [-0.25, -0.2) is 0 Å². The first-order valence-corrected chi connectivity index (χ1v) is 5.69. The highest BCUT2D eigenvalue weighted by Crippen LogP contribution is 2.21. The lowest BCUT2D eigenvalue weighted by atomic mass is 9.97. The summed E-state index contributed by atoms with van der Waals surface area (Å²) in [5, 5.41) is 3.27. The molecule has 0 spiro atoms. The Hall–Kier alpha value is -1.09. The lowest BCUT2D eigenvalue weighted by Gasteiger charge is -2.34. The molecule has 1 aromatic rings. The molecule has 1 fully saturated rings. The van der Waals surface area contributed by atoms with E-state index in [1.54, 1.807) is 0 Å². The summed E-state index contributed by atoms with van der Waals surface area (Å²) in [4.78, 5) is 6.52. The molecule has 0 amide bonds. The molecule has 2 heterocycles. The van der Waals surface area contributed by atoms with E-state index in [2.05, 4.69) is 27.3 Å². The van der Waals surface area contributed by atoms with Gasteiger partial charge in [0, 0.05) is 31.2 Å². The lowest BCUT2D eigenvalue weighted by Crippen LogP contribution is -2.39. The molecule has 15 heavy (non-hydrogen) atoms. The molecule has 1 aromatic heterocycles. The zero-order valence-corrected chi connectivity index (χ0v) is 9.32. The van der Waals surface area contributed by atoms with Gasteiger partial charge in [0.2, 0.25) is 0 Å². The Morgan fingerprint density at radius 3 is 3.00 bits per heavy atom. The number of nitrogens with zero attached hydrogens (tertiary/aromatic N) is 2. The predicted molar refractivity (Wildman–Crippen MR) is 63.1 cm³/mol. The van der Waals surface area contributed by atoms with E-state index in [1.165, 1.54) is 31.6 Å².